The number of nitrogens with zero attached hydrogens (tertiary/aromatic N) is 3. The summed E-state index contributed by atoms with van der Waals surface area (Å²) in [6.45, 7) is -1.69. The van der Waals surface area contributed by atoms with Crippen LogP contribution in [-0.4, -0.2) is 155 Å². The van der Waals surface area contributed by atoms with Crippen LogP contribution in [-0.2, 0) is 43.2 Å². The first-order valence-corrected chi connectivity index (χ1v) is 13.0. The number of carboxylic acids is 3. The van der Waals surface area contributed by atoms with Gasteiger partial charge in [-0.25, -0.2) is 9.59 Å². The van der Waals surface area contributed by atoms with Crippen molar-refractivity contribution >= 4 is 54.1 Å². The van der Waals surface area contributed by atoms with Gasteiger partial charge in [-0.05, 0) is 12.8 Å². The average Bonchev–Trinajstić information content (AvgIpc) is 2.89. The highest BCUT2D eigenvalue weighted by Gasteiger charge is 2.24. The van der Waals surface area contributed by atoms with E-state index in [0.717, 1.165) is 0 Å². The lowest BCUT2D eigenvalue weighted by Crippen LogP contribution is -2.49. The minimum Gasteiger partial charge on any atom is -0.480 e. The van der Waals surface area contributed by atoms with Gasteiger partial charge in [-0.15, -0.1) is 0 Å². The van der Waals surface area contributed by atoms with E-state index in [1.807, 2.05) is 0 Å². The highest BCUT2D eigenvalue weighted by Crippen LogP contribution is 2.01. The Morgan fingerprint density at radius 3 is 1.35 bits per heavy atom. The van der Waals surface area contributed by atoms with Crippen molar-refractivity contribution in [3.63, 3.8) is 0 Å². The molecule has 0 rings (SSSR count). The van der Waals surface area contributed by atoms with Gasteiger partial charge in [-0.1, -0.05) is 0 Å². The fourth-order valence-corrected chi connectivity index (χ4v) is 3.69. The normalized spacial score (nSPS) is 12.3. The standard InChI is InChI=1S/C24H39N7O12/c25-18(34)3-1-16(23(40)41)27-20(36)13-30(10-12-33)7-5-29(9-11-32)6-8-31(15-22(38)39)14-21(37)28-17(24(42)43)2-4-19(26)35/h11-12,16-17H,1-10,13-15H2,(H2,25,34)(H2,26,35)(H,27,36)(H,28,37)(H,38,39)(H,40,41)(H,42,43). The van der Waals surface area contributed by atoms with E-state index in [-0.39, 0.29) is 71.5 Å². The van der Waals surface area contributed by atoms with Crippen LogP contribution in [0.25, 0.3) is 0 Å². The number of carbonyl (C=O) groups excluding carboxylic acids is 6. The number of aliphatic carboxylic acids is 3. The zero-order valence-electron chi connectivity index (χ0n) is 23.5. The second kappa shape index (κ2) is 21.2. The van der Waals surface area contributed by atoms with Gasteiger partial charge in [0.15, 0.2) is 0 Å². The molecule has 0 aliphatic rings. The number of primary amides is 2. The molecule has 43 heavy (non-hydrogen) atoms. The summed E-state index contributed by atoms with van der Waals surface area (Å²) in [6.07, 6.45) is 0.0208. The van der Waals surface area contributed by atoms with Crippen LogP contribution in [0.15, 0.2) is 0 Å². The number of amides is 4. The molecule has 0 bridgehead atoms. The van der Waals surface area contributed by atoms with Crippen LogP contribution < -0.4 is 22.1 Å². The van der Waals surface area contributed by atoms with Crippen molar-refractivity contribution < 1.29 is 58.5 Å². The van der Waals surface area contributed by atoms with Gasteiger partial charge in [0.2, 0.25) is 23.6 Å². The Balaban J connectivity index is 5.22. The van der Waals surface area contributed by atoms with Crippen molar-refractivity contribution in [3.8, 4) is 0 Å². The number of carboxylic acid groups (broad SMARTS) is 3. The predicted molar refractivity (Wildman–Crippen MR) is 145 cm³/mol. The van der Waals surface area contributed by atoms with Crippen molar-refractivity contribution in [1.29, 1.82) is 0 Å². The SMILES string of the molecule is NC(=O)CCC(NC(=O)CN(CC=O)CCN(CC=O)CCN(CC(=O)O)CC(=O)NC(CCC(N)=O)C(=O)O)C(=O)O. The van der Waals surface area contributed by atoms with Gasteiger partial charge in [-0.2, -0.15) is 0 Å². The van der Waals surface area contributed by atoms with E-state index in [1.54, 1.807) is 4.90 Å². The third kappa shape index (κ3) is 19.3. The Bertz CT molecular complexity index is 1010. The van der Waals surface area contributed by atoms with Crippen LogP contribution in [0.2, 0.25) is 0 Å². The molecule has 19 heteroatoms. The number of nitrogens with one attached hydrogen (secondary N) is 2. The Kier molecular flexibility index (Phi) is 19.0. The monoisotopic (exact) mass is 617 g/mol. The van der Waals surface area contributed by atoms with Crippen LogP contribution in [0, 0.1) is 0 Å². The summed E-state index contributed by atoms with van der Waals surface area (Å²) in [5, 5.41) is 32.2. The number of nitrogens with two attached hydrogens (primary N) is 2. The van der Waals surface area contributed by atoms with Gasteiger partial charge in [0.1, 0.15) is 24.7 Å². The lowest BCUT2D eigenvalue weighted by molar-refractivity contribution is -0.143. The van der Waals surface area contributed by atoms with Crippen LogP contribution in [0.4, 0.5) is 0 Å². The lowest BCUT2D eigenvalue weighted by atomic mass is 10.1. The number of aldehydes is 2. The van der Waals surface area contributed by atoms with E-state index in [2.05, 4.69) is 10.6 Å². The maximum absolute atomic E-state index is 12.4. The fraction of sp³-hybridized carbons (Fsp3) is 0.625. The van der Waals surface area contributed by atoms with Gasteiger partial charge in [0.25, 0.3) is 0 Å². The number of hydrogen-bond acceptors (Lipinski definition) is 12. The molecule has 9 N–H and O–H groups in total. The zero-order chi connectivity index (χ0) is 32.9. The third-order valence-electron chi connectivity index (χ3n) is 5.85. The molecular weight excluding hydrogens is 578 g/mol. The summed E-state index contributed by atoms with van der Waals surface area (Å²) >= 11 is 0. The lowest BCUT2D eigenvalue weighted by Gasteiger charge is -2.28. The minimum absolute atomic E-state index is 0.0542. The summed E-state index contributed by atoms with van der Waals surface area (Å²) in [5.41, 5.74) is 10.0. The zero-order valence-corrected chi connectivity index (χ0v) is 23.5. The minimum atomic E-state index is -1.42. The molecule has 0 fully saturated rings. The maximum Gasteiger partial charge on any atom is 0.326 e. The summed E-state index contributed by atoms with van der Waals surface area (Å²) in [4.78, 5) is 107. The number of rotatable bonds is 26. The highest BCUT2D eigenvalue weighted by molar-refractivity contribution is 5.86. The largest absolute Gasteiger partial charge is 0.480 e. The molecule has 0 aromatic rings. The van der Waals surface area contributed by atoms with E-state index in [1.165, 1.54) is 9.80 Å². The third-order valence-corrected chi connectivity index (χ3v) is 5.85. The summed E-state index contributed by atoms with van der Waals surface area (Å²) in [7, 11) is 0. The van der Waals surface area contributed by atoms with Gasteiger partial charge in [0, 0.05) is 39.0 Å². The molecule has 0 saturated heterocycles. The van der Waals surface area contributed by atoms with Crippen LogP contribution in [0.3, 0.4) is 0 Å². The van der Waals surface area contributed by atoms with Crippen LogP contribution in [0.5, 0.6) is 0 Å². The van der Waals surface area contributed by atoms with Crippen molar-refractivity contribution in [2.45, 2.75) is 37.8 Å². The van der Waals surface area contributed by atoms with Crippen LogP contribution >= 0.6 is 0 Å². The highest BCUT2D eigenvalue weighted by atomic mass is 16.4. The fourth-order valence-electron chi connectivity index (χ4n) is 3.69. The van der Waals surface area contributed by atoms with Crippen molar-refractivity contribution in [2.24, 2.45) is 11.5 Å². The van der Waals surface area contributed by atoms with Crippen molar-refractivity contribution in [1.82, 2.24) is 25.3 Å². The van der Waals surface area contributed by atoms with E-state index in [9.17, 15) is 58.5 Å². The molecule has 0 aromatic heterocycles. The second-order valence-electron chi connectivity index (χ2n) is 9.40. The molecule has 0 heterocycles. The average molecular weight is 618 g/mol. The second-order valence-corrected chi connectivity index (χ2v) is 9.40. The van der Waals surface area contributed by atoms with E-state index >= 15 is 0 Å². The first-order valence-electron chi connectivity index (χ1n) is 13.0. The van der Waals surface area contributed by atoms with Crippen molar-refractivity contribution in [3.05, 3.63) is 0 Å². The first-order chi connectivity index (χ1) is 20.2. The molecule has 4 amide bonds. The molecule has 0 radical (unpaired) electrons. The topological polar surface area (TPSA) is 300 Å². The molecule has 0 spiro atoms. The number of carbonyl (C=O) groups is 9. The summed E-state index contributed by atoms with van der Waals surface area (Å²) < 4.78 is 0. The quantitative estimate of drug-likeness (QED) is 0.0447. The van der Waals surface area contributed by atoms with Gasteiger partial charge in [0.05, 0.1) is 32.7 Å². The van der Waals surface area contributed by atoms with Crippen LogP contribution in [0.1, 0.15) is 25.7 Å². The molecule has 19 nitrogen and oxygen atoms in total. The smallest absolute Gasteiger partial charge is 0.326 e. The summed E-state index contributed by atoms with van der Waals surface area (Å²) in [6, 6.07) is -2.80. The van der Waals surface area contributed by atoms with Gasteiger partial charge >= 0.3 is 17.9 Å². The molecule has 0 aliphatic heterocycles. The Hall–Kier alpha value is -4.49. The summed E-state index contributed by atoms with van der Waals surface area (Å²) in [5.74, 6) is -7.14. The van der Waals surface area contributed by atoms with E-state index in [0.29, 0.717) is 12.6 Å². The molecular formula is C24H39N7O12. The molecule has 0 aromatic carbocycles. The maximum atomic E-state index is 12.4. The van der Waals surface area contributed by atoms with Gasteiger partial charge < -0.3 is 47.0 Å². The first kappa shape index (κ1) is 38.5. The van der Waals surface area contributed by atoms with E-state index < -0.39 is 66.7 Å². The molecule has 0 saturated carbocycles. The predicted octanol–water partition coefficient (Wildman–Crippen LogP) is -4.96. The molecule has 242 valence electrons. The molecule has 2 atom stereocenters. The molecule has 2 unspecified atom stereocenters. The number of hydrogen-bond donors (Lipinski definition) is 7. The van der Waals surface area contributed by atoms with Gasteiger partial charge in [-0.3, -0.25) is 38.7 Å². The Morgan fingerprint density at radius 1 is 0.605 bits per heavy atom. The Labute approximate surface area is 246 Å². The Morgan fingerprint density at radius 2 is 0.977 bits per heavy atom. The van der Waals surface area contributed by atoms with E-state index in [4.69, 9.17) is 11.5 Å². The molecule has 0 aliphatic carbocycles. The van der Waals surface area contributed by atoms with Crippen molar-refractivity contribution in [2.75, 3.05) is 58.9 Å².